The van der Waals surface area contributed by atoms with Crippen LogP contribution in [0.5, 0.6) is 0 Å². The second-order valence-electron chi connectivity index (χ2n) is 8.43. The van der Waals surface area contributed by atoms with Crippen molar-refractivity contribution in [2.75, 3.05) is 52.4 Å². The molecule has 2 fully saturated rings. The summed E-state index contributed by atoms with van der Waals surface area (Å²) >= 11 is 1.77. The van der Waals surface area contributed by atoms with Gasteiger partial charge < -0.3 is 4.90 Å². The average Bonchev–Trinajstić information content (AvgIpc) is 3.55. The molecule has 4 heterocycles. The highest BCUT2D eigenvalue weighted by molar-refractivity contribution is 7.13. The Morgan fingerprint density at radius 2 is 1.47 bits per heavy atom. The Morgan fingerprint density at radius 3 is 2.17 bits per heavy atom. The molecule has 158 valence electrons. The van der Waals surface area contributed by atoms with E-state index in [0.717, 1.165) is 31.0 Å². The first kappa shape index (κ1) is 19.9. The van der Waals surface area contributed by atoms with E-state index in [2.05, 4.69) is 68.7 Å². The molecule has 6 heteroatoms. The maximum absolute atomic E-state index is 4.96. The lowest BCUT2D eigenvalue weighted by molar-refractivity contribution is 0.118. The fourth-order valence-electron chi connectivity index (χ4n) is 4.56. The van der Waals surface area contributed by atoms with Crippen molar-refractivity contribution in [3.05, 3.63) is 59.6 Å². The predicted octanol–water partition coefficient (Wildman–Crippen LogP) is 3.81. The molecule has 2 saturated heterocycles. The van der Waals surface area contributed by atoms with E-state index in [4.69, 9.17) is 5.10 Å². The van der Waals surface area contributed by atoms with Gasteiger partial charge in [0.05, 0.1) is 10.6 Å². The summed E-state index contributed by atoms with van der Waals surface area (Å²) in [5.74, 6) is 0. The molecule has 30 heavy (non-hydrogen) atoms. The molecule has 0 amide bonds. The number of aromatic nitrogens is 2. The van der Waals surface area contributed by atoms with E-state index in [1.165, 1.54) is 62.6 Å². The summed E-state index contributed by atoms with van der Waals surface area (Å²) < 4.78 is 2.04. The van der Waals surface area contributed by atoms with Gasteiger partial charge in [0.25, 0.3) is 0 Å². The van der Waals surface area contributed by atoms with Crippen LogP contribution in [0.3, 0.4) is 0 Å². The third-order valence-electron chi connectivity index (χ3n) is 6.36. The Labute approximate surface area is 183 Å². The summed E-state index contributed by atoms with van der Waals surface area (Å²) in [5, 5.41) is 7.10. The maximum atomic E-state index is 4.96. The van der Waals surface area contributed by atoms with Crippen molar-refractivity contribution in [2.24, 2.45) is 0 Å². The van der Waals surface area contributed by atoms with Crippen molar-refractivity contribution in [3.8, 4) is 16.3 Å². The van der Waals surface area contributed by atoms with E-state index in [0.29, 0.717) is 0 Å². The van der Waals surface area contributed by atoms with Gasteiger partial charge in [0.15, 0.2) is 0 Å². The van der Waals surface area contributed by atoms with Gasteiger partial charge in [-0.2, -0.15) is 5.10 Å². The van der Waals surface area contributed by atoms with Gasteiger partial charge in [-0.25, -0.2) is 4.68 Å². The number of thiophene rings is 1. The van der Waals surface area contributed by atoms with Crippen LogP contribution in [0.15, 0.2) is 54.0 Å². The minimum Gasteiger partial charge on any atom is -0.302 e. The normalized spacial score (nSPS) is 18.9. The molecule has 1 aromatic carbocycles. The van der Waals surface area contributed by atoms with E-state index in [9.17, 15) is 0 Å². The van der Waals surface area contributed by atoms with Crippen molar-refractivity contribution >= 4 is 11.3 Å². The van der Waals surface area contributed by atoms with Crippen LogP contribution in [0.1, 0.15) is 18.4 Å². The second-order valence-corrected chi connectivity index (χ2v) is 9.37. The van der Waals surface area contributed by atoms with Crippen LogP contribution >= 0.6 is 11.3 Å². The number of rotatable bonds is 7. The van der Waals surface area contributed by atoms with E-state index in [1.54, 1.807) is 11.3 Å². The highest BCUT2D eigenvalue weighted by Gasteiger charge is 2.21. The third-order valence-corrected chi connectivity index (χ3v) is 7.23. The van der Waals surface area contributed by atoms with Gasteiger partial charge in [-0.15, -0.1) is 11.3 Å². The van der Waals surface area contributed by atoms with Crippen molar-refractivity contribution in [1.82, 2.24) is 24.5 Å². The molecule has 0 N–H and O–H groups in total. The van der Waals surface area contributed by atoms with Crippen LogP contribution in [0.2, 0.25) is 0 Å². The van der Waals surface area contributed by atoms with Crippen LogP contribution < -0.4 is 0 Å². The fraction of sp³-hybridized carbons (Fsp3) is 0.458. The molecular weight excluding hydrogens is 390 g/mol. The van der Waals surface area contributed by atoms with Gasteiger partial charge in [0, 0.05) is 57.6 Å². The zero-order valence-electron chi connectivity index (χ0n) is 17.6. The van der Waals surface area contributed by atoms with Gasteiger partial charge >= 0.3 is 0 Å². The Kier molecular flexibility index (Phi) is 6.27. The maximum Gasteiger partial charge on any atom is 0.107 e. The van der Waals surface area contributed by atoms with Crippen molar-refractivity contribution < 1.29 is 0 Å². The summed E-state index contributed by atoms with van der Waals surface area (Å²) in [6.45, 7) is 10.7. The molecule has 0 spiro atoms. The number of benzene rings is 1. The zero-order valence-corrected chi connectivity index (χ0v) is 18.4. The molecule has 5 nitrogen and oxygen atoms in total. The number of hydrogen-bond donors (Lipinski definition) is 0. The Balaban J connectivity index is 1.24. The summed E-state index contributed by atoms with van der Waals surface area (Å²) in [7, 11) is 0. The molecule has 5 rings (SSSR count). The predicted molar refractivity (Wildman–Crippen MR) is 124 cm³/mol. The Morgan fingerprint density at radius 1 is 0.767 bits per heavy atom. The van der Waals surface area contributed by atoms with Crippen LogP contribution in [-0.2, 0) is 6.54 Å². The Hall–Kier alpha value is -1.99. The summed E-state index contributed by atoms with van der Waals surface area (Å²) in [6, 6.07) is 14.7. The molecule has 0 atom stereocenters. The van der Waals surface area contributed by atoms with Crippen molar-refractivity contribution in [2.45, 2.75) is 19.4 Å². The fourth-order valence-corrected chi connectivity index (χ4v) is 5.30. The minimum atomic E-state index is 0.972. The van der Waals surface area contributed by atoms with E-state index in [1.807, 2.05) is 4.68 Å². The zero-order chi connectivity index (χ0) is 20.2. The first-order valence-electron chi connectivity index (χ1n) is 11.2. The topological polar surface area (TPSA) is 27.5 Å². The van der Waals surface area contributed by atoms with E-state index in [-0.39, 0.29) is 0 Å². The van der Waals surface area contributed by atoms with Crippen molar-refractivity contribution in [3.63, 3.8) is 0 Å². The molecule has 0 bridgehead atoms. The van der Waals surface area contributed by atoms with Gasteiger partial charge in [-0.3, -0.25) is 9.80 Å². The lowest BCUT2D eigenvalue weighted by atomic mass is 10.2. The number of hydrogen-bond acceptors (Lipinski definition) is 5. The number of nitrogens with zero attached hydrogens (tertiary/aromatic N) is 5. The summed E-state index contributed by atoms with van der Waals surface area (Å²) in [5.41, 5.74) is 3.57. The number of likely N-dealkylation sites (tertiary alicyclic amines) is 1. The monoisotopic (exact) mass is 421 g/mol. The largest absolute Gasteiger partial charge is 0.302 e. The molecular formula is C24H31N5S. The third kappa shape index (κ3) is 4.67. The van der Waals surface area contributed by atoms with E-state index >= 15 is 0 Å². The molecule has 2 aliphatic heterocycles. The molecule has 3 aromatic rings. The summed E-state index contributed by atoms with van der Waals surface area (Å²) in [4.78, 5) is 9.11. The molecule has 0 radical (unpaired) electrons. The minimum absolute atomic E-state index is 0.972. The first-order valence-corrected chi connectivity index (χ1v) is 12.1. The van der Waals surface area contributed by atoms with Gasteiger partial charge in [0.2, 0.25) is 0 Å². The molecule has 2 aliphatic rings. The first-order chi connectivity index (χ1) is 14.8. The van der Waals surface area contributed by atoms with Crippen LogP contribution in [0.4, 0.5) is 0 Å². The molecule has 0 saturated carbocycles. The highest BCUT2D eigenvalue weighted by Crippen LogP contribution is 2.29. The SMILES string of the molecule is c1ccc(-n2cc(CN3CCN(CCN4CCCC4)CC3)c(-c3cccs3)n2)cc1. The lowest BCUT2D eigenvalue weighted by Crippen LogP contribution is -2.47. The average molecular weight is 422 g/mol. The van der Waals surface area contributed by atoms with Crippen LogP contribution in [0.25, 0.3) is 16.3 Å². The van der Waals surface area contributed by atoms with Gasteiger partial charge in [-0.05, 0) is 49.5 Å². The highest BCUT2D eigenvalue weighted by atomic mass is 32.1. The van der Waals surface area contributed by atoms with E-state index < -0.39 is 0 Å². The lowest BCUT2D eigenvalue weighted by Gasteiger charge is -2.35. The number of piperazine rings is 1. The van der Waals surface area contributed by atoms with Gasteiger partial charge in [0.1, 0.15) is 5.69 Å². The molecule has 0 aliphatic carbocycles. The standard InChI is InChI=1S/C24H31N5S/c1-2-7-22(8-3-1)29-20-21(24(25-29)23-9-6-18-30-23)19-28-16-14-27(15-17-28)13-12-26-10-4-5-11-26/h1-3,6-9,18,20H,4-5,10-17,19H2. The van der Waals surface area contributed by atoms with Crippen molar-refractivity contribution in [1.29, 1.82) is 0 Å². The van der Waals surface area contributed by atoms with Crippen LogP contribution in [0, 0.1) is 0 Å². The smallest absolute Gasteiger partial charge is 0.107 e. The summed E-state index contributed by atoms with van der Waals surface area (Å²) in [6.07, 6.45) is 5.00. The molecule has 0 unspecified atom stereocenters. The Bertz CT molecular complexity index is 906. The van der Waals surface area contributed by atoms with Crippen LogP contribution in [-0.4, -0.2) is 76.8 Å². The van der Waals surface area contributed by atoms with Gasteiger partial charge in [-0.1, -0.05) is 24.3 Å². The quantitative estimate of drug-likeness (QED) is 0.580. The second kappa shape index (κ2) is 9.43. The molecule has 2 aromatic heterocycles. The number of para-hydroxylation sites is 1.